The molecule has 1 unspecified atom stereocenters. The summed E-state index contributed by atoms with van der Waals surface area (Å²) in [6, 6.07) is 1.08. The Morgan fingerprint density at radius 2 is 1.75 bits per heavy atom. The van der Waals surface area contributed by atoms with Gasteiger partial charge in [-0.3, -0.25) is 0 Å². The van der Waals surface area contributed by atoms with Crippen molar-refractivity contribution in [2.24, 2.45) is 0 Å². The van der Waals surface area contributed by atoms with Gasteiger partial charge >= 0.3 is 8.56 Å². The van der Waals surface area contributed by atoms with E-state index in [1.54, 1.807) is 7.11 Å². The standard InChI is InChI=1S/C11H29NO2Si2/c1-7-12-9-8-10-16(6,13-2)14-11-15(3,4)5/h12H,7-11H2,1-6H3. The Labute approximate surface area is 103 Å². The molecule has 0 aliphatic heterocycles. The van der Waals surface area contributed by atoms with E-state index < -0.39 is 16.6 Å². The zero-order valence-electron chi connectivity index (χ0n) is 11.9. The van der Waals surface area contributed by atoms with Crippen LogP contribution in [0.1, 0.15) is 13.3 Å². The molecule has 0 aliphatic rings. The van der Waals surface area contributed by atoms with Gasteiger partial charge in [0.1, 0.15) is 0 Å². The highest BCUT2D eigenvalue weighted by molar-refractivity contribution is 6.77. The van der Waals surface area contributed by atoms with E-state index in [9.17, 15) is 0 Å². The van der Waals surface area contributed by atoms with Gasteiger partial charge < -0.3 is 14.2 Å². The summed E-state index contributed by atoms with van der Waals surface area (Å²) in [5.74, 6) is 0. The Kier molecular flexibility index (Phi) is 7.75. The molecule has 0 bridgehead atoms. The van der Waals surface area contributed by atoms with Crippen LogP contribution in [0.15, 0.2) is 0 Å². The van der Waals surface area contributed by atoms with Crippen molar-refractivity contribution in [1.29, 1.82) is 0 Å². The van der Waals surface area contributed by atoms with E-state index in [0.29, 0.717) is 0 Å². The molecule has 1 N–H and O–H groups in total. The molecule has 0 amide bonds. The fourth-order valence-electron chi connectivity index (χ4n) is 1.31. The quantitative estimate of drug-likeness (QED) is 0.512. The predicted octanol–water partition coefficient (Wildman–Crippen LogP) is 2.60. The van der Waals surface area contributed by atoms with Gasteiger partial charge in [0.05, 0.1) is 8.07 Å². The van der Waals surface area contributed by atoms with Crippen molar-refractivity contribution in [3.05, 3.63) is 0 Å². The second kappa shape index (κ2) is 7.60. The van der Waals surface area contributed by atoms with Gasteiger partial charge in [0.2, 0.25) is 0 Å². The third kappa shape index (κ3) is 8.46. The monoisotopic (exact) mass is 263 g/mol. The first-order valence-corrected chi connectivity index (χ1v) is 12.5. The summed E-state index contributed by atoms with van der Waals surface area (Å²) in [5.41, 5.74) is 0. The second-order valence-corrected chi connectivity index (χ2v) is 14.5. The van der Waals surface area contributed by atoms with Crippen LogP contribution in [0.4, 0.5) is 0 Å². The summed E-state index contributed by atoms with van der Waals surface area (Å²) in [5, 5.41) is 3.34. The summed E-state index contributed by atoms with van der Waals surface area (Å²) < 4.78 is 11.7. The molecule has 1 atom stereocenters. The highest BCUT2D eigenvalue weighted by Gasteiger charge is 2.31. The van der Waals surface area contributed by atoms with Gasteiger partial charge in [-0.25, -0.2) is 0 Å². The van der Waals surface area contributed by atoms with Crippen LogP contribution in [0.25, 0.3) is 0 Å². The van der Waals surface area contributed by atoms with E-state index in [1.807, 2.05) is 0 Å². The van der Waals surface area contributed by atoms with Gasteiger partial charge in [-0.2, -0.15) is 0 Å². The van der Waals surface area contributed by atoms with E-state index in [1.165, 1.54) is 0 Å². The molecule has 0 aromatic carbocycles. The second-order valence-electron chi connectivity index (χ2n) is 5.64. The minimum Gasteiger partial charge on any atom is -0.398 e. The molecule has 0 radical (unpaired) electrons. The van der Waals surface area contributed by atoms with E-state index >= 15 is 0 Å². The predicted molar refractivity (Wildman–Crippen MR) is 75.9 cm³/mol. The van der Waals surface area contributed by atoms with Crippen molar-refractivity contribution in [1.82, 2.24) is 5.32 Å². The number of hydrogen-bond acceptors (Lipinski definition) is 3. The lowest BCUT2D eigenvalue weighted by Gasteiger charge is -2.28. The van der Waals surface area contributed by atoms with Crippen molar-refractivity contribution in [2.75, 3.05) is 26.4 Å². The zero-order valence-corrected chi connectivity index (χ0v) is 13.9. The molecule has 3 nitrogen and oxygen atoms in total. The molecular weight excluding hydrogens is 234 g/mol. The van der Waals surface area contributed by atoms with Crippen molar-refractivity contribution < 1.29 is 8.85 Å². The van der Waals surface area contributed by atoms with Crippen molar-refractivity contribution >= 4 is 16.6 Å². The lowest BCUT2D eigenvalue weighted by molar-refractivity contribution is 0.232. The highest BCUT2D eigenvalue weighted by atomic mass is 28.4. The summed E-state index contributed by atoms with van der Waals surface area (Å²) in [7, 11) is -1.21. The molecule has 0 spiro atoms. The largest absolute Gasteiger partial charge is 0.398 e. The molecule has 0 saturated carbocycles. The van der Waals surface area contributed by atoms with Gasteiger partial charge in [0, 0.05) is 13.3 Å². The lowest BCUT2D eigenvalue weighted by Crippen LogP contribution is -2.43. The third-order valence-electron chi connectivity index (χ3n) is 2.48. The molecule has 0 aliphatic carbocycles. The minimum absolute atomic E-state index is 0.921. The Morgan fingerprint density at radius 3 is 2.19 bits per heavy atom. The van der Waals surface area contributed by atoms with Crippen LogP contribution in [0.2, 0.25) is 32.2 Å². The Bertz CT molecular complexity index is 185. The van der Waals surface area contributed by atoms with Gasteiger partial charge in [-0.15, -0.1) is 0 Å². The maximum Gasteiger partial charge on any atom is 0.334 e. The van der Waals surface area contributed by atoms with Crippen LogP contribution < -0.4 is 5.32 Å². The molecule has 0 aromatic heterocycles. The van der Waals surface area contributed by atoms with E-state index in [0.717, 1.165) is 31.8 Å². The van der Waals surface area contributed by atoms with Crippen LogP contribution in [0, 0.1) is 0 Å². The van der Waals surface area contributed by atoms with E-state index in [4.69, 9.17) is 8.85 Å². The molecule has 5 heteroatoms. The maximum absolute atomic E-state index is 6.07. The molecule has 0 saturated heterocycles. The average molecular weight is 264 g/mol. The molecule has 0 aromatic rings. The summed E-state index contributed by atoms with van der Waals surface area (Å²) in [4.78, 5) is 0. The van der Waals surface area contributed by atoms with E-state index in [2.05, 4.69) is 38.4 Å². The molecule has 98 valence electrons. The number of hydrogen-bond donors (Lipinski definition) is 1. The Balaban J connectivity index is 3.91. The zero-order chi connectivity index (χ0) is 12.7. The smallest absolute Gasteiger partial charge is 0.334 e. The fourth-order valence-corrected chi connectivity index (χ4v) is 5.55. The Morgan fingerprint density at radius 1 is 1.12 bits per heavy atom. The number of rotatable bonds is 9. The minimum atomic E-state index is -1.89. The van der Waals surface area contributed by atoms with Crippen molar-refractivity contribution in [3.8, 4) is 0 Å². The van der Waals surface area contributed by atoms with Crippen LogP contribution in [0.5, 0.6) is 0 Å². The van der Waals surface area contributed by atoms with Gasteiger partial charge in [0.25, 0.3) is 0 Å². The van der Waals surface area contributed by atoms with Crippen molar-refractivity contribution in [2.45, 2.75) is 45.6 Å². The SMILES string of the molecule is CCNCCC[Si](C)(OC)OC[Si](C)(C)C. The van der Waals surface area contributed by atoms with Gasteiger partial charge in [-0.05, 0) is 32.1 Å². The normalized spacial score (nSPS) is 16.1. The van der Waals surface area contributed by atoms with Crippen LogP contribution >= 0.6 is 0 Å². The maximum atomic E-state index is 6.07. The fraction of sp³-hybridized carbons (Fsp3) is 1.00. The molecular formula is C11H29NO2Si2. The first kappa shape index (κ1) is 16.3. The first-order chi connectivity index (χ1) is 7.33. The van der Waals surface area contributed by atoms with Crippen LogP contribution in [-0.2, 0) is 8.85 Å². The molecule has 0 heterocycles. The van der Waals surface area contributed by atoms with Gasteiger partial charge in [-0.1, -0.05) is 26.6 Å². The Hall–Kier alpha value is 0.314. The summed E-state index contributed by atoms with van der Waals surface area (Å²) >= 11 is 0. The van der Waals surface area contributed by atoms with Crippen LogP contribution in [-0.4, -0.2) is 43.1 Å². The third-order valence-corrected chi connectivity index (χ3v) is 6.66. The highest BCUT2D eigenvalue weighted by Crippen LogP contribution is 2.16. The summed E-state index contributed by atoms with van der Waals surface area (Å²) in [6.07, 6.45) is 2.07. The topological polar surface area (TPSA) is 30.5 Å². The van der Waals surface area contributed by atoms with E-state index in [-0.39, 0.29) is 0 Å². The average Bonchev–Trinajstić information content (AvgIpc) is 2.21. The summed E-state index contributed by atoms with van der Waals surface area (Å²) in [6.45, 7) is 13.4. The first-order valence-electron chi connectivity index (χ1n) is 6.23. The van der Waals surface area contributed by atoms with Gasteiger partial charge in [0.15, 0.2) is 0 Å². The molecule has 0 fully saturated rings. The lowest BCUT2D eigenvalue weighted by atomic mass is 10.5. The molecule has 0 rings (SSSR count). The van der Waals surface area contributed by atoms with Crippen LogP contribution in [0.3, 0.4) is 0 Å². The molecule has 16 heavy (non-hydrogen) atoms. The number of nitrogens with one attached hydrogen (secondary N) is 1. The van der Waals surface area contributed by atoms with Crippen molar-refractivity contribution in [3.63, 3.8) is 0 Å².